The van der Waals surface area contributed by atoms with Crippen LogP contribution < -0.4 is 0 Å². The smallest absolute Gasteiger partial charge is 0.371 e. The van der Waals surface area contributed by atoms with Crippen LogP contribution in [0.3, 0.4) is 0 Å². The molecule has 1 N–H and O–H groups in total. The maximum Gasteiger partial charge on any atom is 0.371 e. The van der Waals surface area contributed by atoms with Crippen LogP contribution in [0.25, 0.3) is 0 Å². The normalized spacial score (nSPS) is 12.4. The number of aromatic carboxylic acids is 1. The van der Waals surface area contributed by atoms with Crippen molar-refractivity contribution in [2.24, 2.45) is 0 Å². The van der Waals surface area contributed by atoms with Gasteiger partial charge in [-0.15, -0.1) is 0 Å². The Labute approximate surface area is 100 Å². The van der Waals surface area contributed by atoms with Gasteiger partial charge in [-0.2, -0.15) is 5.26 Å². The highest BCUT2D eigenvalue weighted by molar-refractivity contribution is 5.84. The van der Waals surface area contributed by atoms with E-state index >= 15 is 0 Å². The van der Waals surface area contributed by atoms with Gasteiger partial charge in [0.2, 0.25) is 5.76 Å². The summed E-state index contributed by atoms with van der Waals surface area (Å²) < 4.78 is 5.25. The van der Waals surface area contributed by atoms with Crippen molar-refractivity contribution < 1.29 is 14.3 Å². The molecule has 1 unspecified atom stereocenters. The molecule has 1 rings (SSSR count). The minimum absolute atomic E-state index is 0.0264. The molecule has 5 heteroatoms. The Bertz CT molecular complexity index is 420. The van der Waals surface area contributed by atoms with E-state index in [9.17, 15) is 4.79 Å². The van der Waals surface area contributed by atoms with Gasteiger partial charge in [0.25, 0.3) is 0 Å². The average molecular weight is 236 g/mol. The average Bonchev–Trinajstić information content (AvgIpc) is 2.79. The van der Waals surface area contributed by atoms with E-state index in [-0.39, 0.29) is 11.8 Å². The van der Waals surface area contributed by atoms with Crippen LogP contribution in [0.4, 0.5) is 0 Å². The highest BCUT2D eigenvalue weighted by atomic mass is 16.4. The van der Waals surface area contributed by atoms with E-state index in [4.69, 9.17) is 14.8 Å². The molecule has 0 aliphatic heterocycles. The van der Waals surface area contributed by atoms with Crippen molar-refractivity contribution in [3.63, 3.8) is 0 Å². The zero-order valence-electron chi connectivity index (χ0n) is 10.0. The third-order valence-electron chi connectivity index (χ3n) is 2.71. The largest absolute Gasteiger partial charge is 0.475 e. The van der Waals surface area contributed by atoms with Crippen LogP contribution in [-0.4, -0.2) is 29.1 Å². The quantitative estimate of drug-likeness (QED) is 0.819. The van der Waals surface area contributed by atoms with Crippen molar-refractivity contribution in [2.45, 2.75) is 26.3 Å². The van der Waals surface area contributed by atoms with Crippen LogP contribution in [0.1, 0.15) is 42.6 Å². The van der Waals surface area contributed by atoms with Crippen LogP contribution >= 0.6 is 0 Å². The van der Waals surface area contributed by atoms with Gasteiger partial charge < -0.3 is 9.52 Å². The minimum atomic E-state index is -1.07. The predicted octanol–water partition coefficient (Wildman–Crippen LogP) is 2.27. The number of carboxylic acids is 1. The zero-order valence-corrected chi connectivity index (χ0v) is 10.0. The fourth-order valence-corrected chi connectivity index (χ4v) is 1.69. The van der Waals surface area contributed by atoms with Gasteiger partial charge in [0.1, 0.15) is 5.76 Å². The molecule has 1 aromatic rings. The second kappa shape index (κ2) is 6.06. The van der Waals surface area contributed by atoms with Gasteiger partial charge in [-0.1, -0.05) is 6.92 Å². The summed E-state index contributed by atoms with van der Waals surface area (Å²) in [5.41, 5.74) is 0. The molecule has 0 amide bonds. The van der Waals surface area contributed by atoms with E-state index in [2.05, 4.69) is 11.0 Å². The van der Waals surface area contributed by atoms with Gasteiger partial charge >= 0.3 is 5.97 Å². The molecule has 0 saturated carbocycles. The second-order valence-corrected chi connectivity index (χ2v) is 3.72. The van der Waals surface area contributed by atoms with E-state index in [1.165, 1.54) is 6.07 Å². The molecule has 0 aliphatic rings. The van der Waals surface area contributed by atoms with Crippen LogP contribution in [0.2, 0.25) is 0 Å². The number of hydrogen-bond acceptors (Lipinski definition) is 4. The molecule has 1 atom stereocenters. The monoisotopic (exact) mass is 236 g/mol. The third-order valence-corrected chi connectivity index (χ3v) is 2.71. The van der Waals surface area contributed by atoms with Gasteiger partial charge in [-0.25, -0.2) is 4.79 Å². The van der Waals surface area contributed by atoms with Gasteiger partial charge in [0.05, 0.1) is 12.1 Å². The first-order valence-corrected chi connectivity index (χ1v) is 5.54. The van der Waals surface area contributed by atoms with Crippen molar-refractivity contribution in [3.8, 4) is 6.07 Å². The fraction of sp³-hybridized carbons (Fsp3) is 0.500. The molecule has 0 aromatic carbocycles. The predicted molar refractivity (Wildman–Crippen MR) is 61.6 cm³/mol. The molecular formula is C12H16N2O3. The molecule has 17 heavy (non-hydrogen) atoms. The standard InChI is InChI=1S/C12H16N2O3/c1-3-14(8-4-7-13)9(2)10-5-6-11(17-10)12(15)16/h5-6,9H,3-4,8H2,1-2H3,(H,15,16). The Hall–Kier alpha value is -1.80. The lowest BCUT2D eigenvalue weighted by atomic mass is 10.2. The van der Waals surface area contributed by atoms with Crippen molar-refractivity contribution in [1.29, 1.82) is 5.26 Å². The molecule has 1 aromatic heterocycles. The SMILES string of the molecule is CCN(CCC#N)C(C)c1ccc(C(=O)O)o1. The van der Waals surface area contributed by atoms with E-state index in [1.54, 1.807) is 6.07 Å². The number of furan rings is 1. The van der Waals surface area contributed by atoms with Gasteiger partial charge in [0, 0.05) is 13.0 Å². The van der Waals surface area contributed by atoms with Crippen LogP contribution in [0, 0.1) is 11.3 Å². The Morgan fingerprint density at radius 2 is 2.35 bits per heavy atom. The number of carbonyl (C=O) groups is 1. The maximum absolute atomic E-state index is 10.7. The summed E-state index contributed by atoms with van der Waals surface area (Å²) in [6.45, 7) is 5.36. The maximum atomic E-state index is 10.7. The van der Waals surface area contributed by atoms with Crippen molar-refractivity contribution in [1.82, 2.24) is 4.90 Å². The zero-order chi connectivity index (χ0) is 12.8. The first kappa shape index (κ1) is 13.3. The first-order valence-electron chi connectivity index (χ1n) is 5.54. The highest BCUT2D eigenvalue weighted by Gasteiger charge is 2.18. The second-order valence-electron chi connectivity index (χ2n) is 3.72. The number of nitriles is 1. The van der Waals surface area contributed by atoms with Crippen molar-refractivity contribution in [2.75, 3.05) is 13.1 Å². The number of nitrogens with zero attached hydrogens (tertiary/aromatic N) is 2. The van der Waals surface area contributed by atoms with Gasteiger partial charge in [-0.05, 0) is 25.6 Å². The molecule has 0 spiro atoms. The van der Waals surface area contributed by atoms with Crippen LogP contribution in [0.5, 0.6) is 0 Å². The molecule has 92 valence electrons. The molecule has 0 saturated heterocycles. The Kier molecular flexibility index (Phi) is 4.73. The minimum Gasteiger partial charge on any atom is -0.475 e. The van der Waals surface area contributed by atoms with Crippen molar-refractivity contribution >= 4 is 5.97 Å². The molecule has 0 radical (unpaired) electrons. The highest BCUT2D eigenvalue weighted by Crippen LogP contribution is 2.22. The van der Waals surface area contributed by atoms with E-state index in [0.717, 1.165) is 6.54 Å². The van der Waals surface area contributed by atoms with Crippen LogP contribution in [-0.2, 0) is 0 Å². The van der Waals surface area contributed by atoms with E-state index in [0.29, 0.717) is 18.7 Å². The summed E-state index contributed by atoms with van der Waals surface area (Å²) in [5.74, 6) is -0.506. The summed E-state index contributed by atoms with van der Waals surface area (Å²) in [7, 11) is 0. The van der Waals surface area contributed by atoms with Gasteiger partial charge in [0.15, 0.2) is 0 Å². The Balaban J connectivity index is 2.75. The Morgan fingerprint density at radius 1 is 1.65 bits per heavy atom. The summed E-state index contributed by atoms with van der Waals surface area (Å²) >= 11 is 0. The van der Waals surface area contributed by atoms with Crippen molar-refractivity contribution in [3.05, 3.63) is 23.7 Å². The molecule has 1 heterocycles. The number of hydrogen-bond donors (Lipinski definition) is 1. The van der Waals surface area contributed by atoms with Crippen LogP contribution in [0.15, 0.2) is 16.5 Å². The summed E-state index contributed by atoms with van der Waals surface area (Å²) in [5, 5.41) is 17.3. The molecule has 5 nitrogen and oxygen atoms in total. The topological polar surface area (TPSA) is 77.5 Å². The third kappa shape index (κ3) is 3.33. The Morgan fingerprint density at radius 3 is 2.82 bits per heavy atom. The van der Waals surface area contributed by atoms with Gasteiger partial charge in [-0.3, -0.25) is 4.90 Å². The number of carboxylic acid groups (broad SMARTS) is 1. The summed E-state index contributed by atoms with van der Waals surface area (Å²) in [6.07, 6.45) is 0.449. The summed E-state index contributed by atoms with van der Waals surface area (Å²) in [4.78, 5) is 12.8. The fourth-order valence-electron chi connectivity index (χ4n) is 1.69. The first-order chi connectivity index (χ1) is 8.10. The lowest BCUT2D eigenvalue weighted by Crippen LogP contribution is -2.27. The molecule has 0 bridgehead atoms. The van der Waals surface area contributed by atoms with E-state index < -0.39 is 5.97 Å². The summed E-state index contributed by atoms with van der Waals surface area (Å²) in [6, 6.07) is 5.19. The lowest BCUT2D eigenvalue weighted by Gasteiger charge is -2.25. The molecular weight excluding hydrogens is 220 g/mol. The molecule has 0 fully saturated rings. The number of rotatable bonds is 6. The molecule has 0 aliphatic carbocycles. The lowest BCUT2D eigenvalue weighted by molar-refractivity contribution is 0.0656. The van der Waals surface area contributed by atoms with E-state index in [1.807, 2.05) is 13.8 Å².